The molecular weight excluding hydrogens is 195 g/mol. The van der Waals surface area contributed by atoms with Crippen molar-refractivity contribution in [3.63, 3.8) is 0 Å². The van der Waals surface area contributed by atoms with Gasteiger partial charge in [-0.25, -0.2) is 9.13 Å². The summed E-state index contributed by atoms with van der Waals surface area (Å²) in [6.07, 6.45) is 4.61. The Morgan fingerprint density at radius 2 is 2.33 bits per heavy atom. The third-order valence-corrected chi connectivity index (χ3v) is 2.56. The first-order valence-corrected chi connectivity index (χ1v) is 4.43. The molecule has 1 aromatic rings. The first kappa shape index (κ1) is 9.62. The molecule has 1 rings (SSSR count). The van der Waals surface area contributed by atoms with Crippen LogP contribution in [-0.4, -0.2) is 4.57 Å². The van der Waals surface area contributed by atoms with Gasteiger partial charge in [0.15, 0.2) is 0 Å². The van der Waals surface area contributed by atoms with Gasteiger partial charge in [0.1, 0.15) is 0 Å². The van der Waals surface area contributed by atoms with E-state index in [9.17, 15) is 0 Å². The predicted molar refractivity (Wildman–Crippen MR) is 50.4 cm³/mol. The molecule has 0 bridgehead atoms. The highest BCUT2D eigenvalue weighted by molar-refractivity contribution is 6.39. The first-order chi connectivity index (χ1) is 5.66. The Hall–Kier alpha value is -0.470. The summed E-state index contributed by atoms with van der Waals surface area (Å²) in [6.45, 7) is 4.46. The lowest BCUT2D eigenvalue weighted by Gasteiger charge is -1.91. The lowest BCUT2D eigenvalue weighted by Crippen LogP contribution is -2.26. The molecule has 2 nitrogen and oxygen atoms in total. The lowest BCUT2D eigenvalue weighted by molar-refractivity contribution is -0.668. The highest BCUT2D eigenvalue weighted by Crippen LogP contribution is 2.17. The van der Waals surface area contributed by atoms with Crippen molar-refractivity contribution in [3.05, 3.63) is 29.3 Å². The Labute approximate surface area is 82.0 Å². The number of rotatable bonds is 3. The van der Waals surface area contributed by atoms with Crippen molar-refractivity contribution < 1.29 is 4.57 Å². The zero-order valence-corrected chi connectivity index (χ0v) is 8.44. The normalized spacial score (nSPS) is 10.2. The average molecular weight is 206 g/mol. The molecule has 1 aromatic heterocycles. The largest absolute Gasteiger partial charge is 0.255 e. The van der Waals surface area contributed by atoms with Gasteiger partial charge in [0.05, 0.1) is 13.6 Å². The lowest BCUT2D eigenvalue weighted by atomic mass is 10.4. The number of halogens is 2. The van der Waals surface area contributed by atoms with Gasteiger partial charge in [-0.3, -0.25) is 0 Å². The smallest absolute Gasteiger partial charge is 0.222 e. The van der Waals surface area contributed by atoms with Crippen LogP contribution in [0.2, 0.25) is 10.3 Å². The molecule has 0 aliphatic heterocycles. The summed E-state index contributed by atoms with van der Waals surface area (Å²) in [7, 11) is 1.86. The highest BCUT2D eigenvalue weighted by atomic mass is 35.5. The van der Waals surface area contributed by atoms with E-state index in [1.165, 1.54) is 0 Å². The van der Waals surface area contributed by atoms with E-state index in [4.69, 9.17) is 23.2 Å². The van der Waals surface area contributed by atoms with Gasteiger partial charge < -0.3 is 0 Å². The molecule has 0 spiro atoms. The second-order valence-corrected chi connectivity index (χ2v) is 3.29. The molecule has 1 heterocycles. The Kier molecular flexibility index (Phi) is 3.18. The third kappa shape index (κ3) is 1.82. The van der Waals surface area contributed by atoms with Crippen LogP contribution < -0.4 is 4.57 Å². The van der Waals surface area contributed by atoms with Gasteiger partial charge in [0, 0.05) is 6.42 Å². The fraction of sp³-hybridized carbons (Fsp3) is 0.375. The third-order valence-electron chi connectivity index (χ3n) is 1.62. The van der Waals surface area contributed by atoms with Gasteiger partial charge >= 0.3 is 0 Å². The van der Waals surface area contributed by atoms with Crippen LogP contribution in [0.1, 0.15) is 6.42 Å². The Morgan fingerprint density at radius 1 is 1.67 bits per heavy atom. The van der Waals surface area contributed by atoms with Crippen LogP contribution in [0.5, 0.6) is 0 Å². The SMILES string of the molecule is C=CCCn1c[n+](C)c(Cl)c1Cl. The van der Waals surface area contributed by atoms with E-state index in [2.05, 4.69) is 6.58 Å². The quantitative estimate of drug-likeness (QED) is 0.529. The fourth-order valence-electron chi connectivity index (χ4n) is 0.961. The van der Waals surface area contributed by atoms with Crippen molar-refractivity contribution in [3.8, 4) is 0 Å². The Balaban J connectivity index is 2.85. The second kappa shape index (κ2) is 3.97. The fourth-order valence-corrected chi connectivity index (χ4v) is 1.37. The monoisotopic (exact) mass is 205 g/mol. The predicted octanol–water partition coefficient (Wildman–Crippen LogP) is 2.20. The molecule has 66 valence electrons. The van der Waals surface area contributed by atoms with Crippen LogP contribution in [0, 0.1) is 0 Å². The molecule has 0 N–H and O–H groups in total. The maximum atomic E-state index is 5.93. The molecule has 0 saturated carbocycles. The minimum absolute atomic E-state index is 0.570. The number of hydrogen-bond donors (Lipinski definition) is 0. The van der Waals surface area contributed by atoms with Crippen molar-refractivity contribution in [2.24, 2.45) is 7.05 Å². The van der Waals surface area contributed by atoms with Gasteiger partial charge in [-0.15, -0.1) is 6.58 Å². The summed E-state index contributed by atoms with van der Waals surface area (Å²) in [4.78, 5) is 0. The highest BCUT2D eigenvalue weighted by Gasteiger charge is 2.16. The second-order valence-electron chi connectivity index (χ2n) is 2.58. The molecule has 0 atom stereocenters. The van der Waals surface area contributed by atoms with Crippen LogP contribution in [0.3, 0.4) is 0 Å². The molecule has 0 aliphatic carbocycles. The zero-order valence-electron chi connectivity index (χ0n) is 6.93. The van der Waals surface area contributed by atoms with Crippen LogP contribution in [0.4, 0.5) is 0 Å². The van der Waals surface area contributed by atoms with Crippen molar-refractivity contribution in [1.29, 1.82) is 0 Å². The van der Waals surface area contributed by atoms with Gasteiger partial charge in [0.25, 0.3) is 10.3 Å². The molecule has 0 aliphatic rings. The minimum Gasteiger partial charge on any atom is -0.222 e. The standard InChI is InChI=1S/C8H11Cl2N2/c1-3-4-5-12-6-11(2)7(9)8(12)10/h3,6H,1,4-5H2,2H3/q+1. The van der Waals surface area contributed by atoms with E-state index >= 15 is 0 Å². The molecular formula is C8H11Cl2N2+. The topological polar surface area (TPSA) is 8.81 Å². The zero-order chi connectivity index (χ0) is 9.14. The number of allylic oxidation sites excluding steroid dienone is 1. The molecule has 0 saturated heterocycles. The van der Waals surface area contributed by atoms with E-state index in [1.807, 2.05) is 24.0 Å². The van der Waals surface area contributed by atoms with E-state index in [0.717, 1.165) is 13.0 Å². The maximum absolute atomic E-state index is 5.93. The Bertz CT molecular complexity index is 291. The van der Waals surface area contributed by atoms with Crippen molar-refractivity contribution in [1.82, 2.24) is 4.57 Å². The molecule has 0 unspecified atom stereocenters. The van der Waals surface area contributed by atoms with Gasteiger partial charge in [-0.05, 0) is 23.2 Å². The van der Waals surface area contributed by atoms with E-state index < -0.39 is 0 Å². The van der Waals surface area contributed by atoms with Gasteiger partial charge in [0.2, 0.25) is 6.33 Å². The molecule has 0 aromatic carbocycles. The molecule has 4 heteroatoms. The molecule has 0 radical (unpaired) electrons. The molecule has 0 amide bonds. The van der Waals surface area contributed by atoms with Crippen LogP contribution in [0.15, 0.2) is 19.0 Å². The van der Waals surface area contributed by atoms with Crippen molar-refractivity contribution >= 4 is 23.2 Å². The average Bonchev–Trinajstić information content (AvgIpc) is 2.30. The number of aryl methyl sites for hydroxylation is 2. The van der Waals surface area contributed by atoms with Crippen LogP contribution >= 0.6 is 23.2 Å². The van der Waals surface area contributed by atoms with Crippen LogP contribution in [-0.2, 0) is 13.6 Å². The number of hydrogen-bond acceptors (Lipinski definition) is 0. The minimum atomic E-state index is 0.570. The number of nitrogens with zero attached hydrogens (tertiary/aromatic N) is 2. The summed E-state index contributed by atoms with van der Waals surface area (Å²) >= 11 is 11.8. The van der Waals surface area contributed by atoms with Crippen molar-refractivity contribution in [2.75, 3.05) is 0 Å². The summed E-state index contributed by atoms with van der Waals surface area (Å²) in [5.41, 5.74) is 0. The van der Waals surface area contributed by atoms with Crippen molar-refractivity contribution in [2.45, 2.75) is 13.0 Å². The number of aromatic nitrogens is 2. The summed E-state index contributed by atoms with van der Waals surface area (Å²) in [5, 5.41) is 1.15. The van der Waals surface area contributed by atoms with Gasteiger partial charge in [-0.2, -0.15) is 0 Å². The summed E-state index contributed by atoms with van der Waals surface area (Å²) in [5.74, 6) is 0. The molecule has 0 fully saturated rings. The molecule has 12 heavy (non-hydrogen) atoms. The first-order valence-electron chi connectivity index (χ1n) is 3.67. The van der Waals surface area contributed by atoms with E-state index in [-0.39, 0.29) is 0 Å². The maximum Gasteiger partial charge on any atom is 0.255 e. The summed E-state index contributed by atoms with van der Waals surface area (Å²) in [6, 6.07) is 0. The number of imidazole rings is 1. The van der Waals surface area contributed by atoms with E-state index in [0.29, 0.717) is 10.3 Å². The van der Waals surface area contributed by atoms with Gasteiger partial charge in [-0.1, -0.05) is 6.08 Å². The Morgan fingerprint density at radius 3 is 2.75 bits per heavy atom. The van der Waals surface area contributed by atoms with E-state index in [1.54, 1.807) is 4.57 Å². The van der Waals surface area contributed by atoms with Crippen LogP contribution in [0.25, 0.3) is 0 Å². The summed E-state index contributed by atoms with van der Waals surface area (Å²) < 4.78 is 3.68.